The van der Waals surface area contributed by atoms with Gasteiger partial charge in [-0.25, -0.2) is 13.1 Å². The highest BCUT2D eigenvalue weighted by Gasteiger charge is 2.26. The lowest BCUT2D eigenvalue weighted by Crippen LogP contribution is -2.35. The van der Waals surface area contributed by atoms with Crippen LogP contribution in [0.15, 0.2) is 59.5 Å². The van der Waals surface area contributed by atoms with Crippen molar-refractivity contribution in [2.45, 2.75) is 44.4 Å². The zero-order chi connectivity index (χ0) is 23.4. The first-order valence-corrected chi connectivity index (χ1v) is 12.8. The number of benzene rings is 2. The molecule has 1 N–H and O–H groups in total. The predicted octanol–water partition coefficient (Wildman–Crippen LogP) is 3.64. The summed E-state index contributed by atoms with van der Waals surface area (Å²) in [7, 11) is -3.56. The summed E-state index contributed by atoms with van der Waals surface area (Å²) in [6.07, 6.45) is 3.48. The Hall–Kier alpha value is -2.97. The number of hydrogen-bond acceptors (Lipinski definition) is 4. The average Bonchev–Trinajstić information content (AvgIpc) is 3.18. The predicted molar refractivity (Wildman–Crippen MR) is 128 cm³/mol. The monoisotopic (exact) mass is 466 g/mol. The van der Waals surface area contributed by atoms with Crippen LogP contribution < -0.4 is 5.32 Å². The second-order valence-corrected chi connectivity index (χ2v) is 10.4. The molecule has 1 aliphatic heterocycles. The van der Waals surface area contributed by atoms with Gasteiger partial charge in [-0.1, -0.05) is 24.6 Å². The molecule has 0 radical (unpaired) electrons. The third-order valence-electron chi connectivity index (χ3n) is 5.94. The maximum atomic E-state index is 12.9. The number of rotatable bonds is 7. The van der Waals surface area contributed by atoms with Gasteiger partial charge in [-0.2, -0.15) is 9.40 Å². The standard InChI is InChI=1S/C25H30N4O3S/c1-19-17-20(2)29(27-19)23-11-9-21(10-12-23)13-14-26-25(30)22-7-6-8-24(18-22)33(31,32)28-15-4-3-5-16-28/h6-12,17-18H,3-5,13-16H2,1-2H3,(H,26,30). The number of amides is 1. The van der Waals surface area contributed by atoms with Gasteiger partial charge < -0.3 is 5.32 Å². The van der Waals surface area contributed by atoms with Crippen LogP contribution >= 0.6 is 0 Å². The van der Waals surface area contributed by atoms with E-state index in [1.54, 1.807) is 18.2 Å². The number of nitrogens with zero attached hydrogens (tertiary/aromatic N) is 3. The first kappa shape index (κ1) is 23.2. The molecule has 2 heterocycles. The molecule has 4 rings (SSSR count). The smallest absolute Gasteiger partial charge is 0.251 e. The van der Waals surface area contributed by atoms with Crippen molar-refractivity contribution in [3.05, 3.63) is 77.1 Å². The Morgan fingerprint density at radius 2 is 1.73 bits per heavy atom. The van der Waals surface area contributed by atoms with E-state index in [0.29, 0.717) is 31.6 Å². The van der Waals surface area contributed by atoms with Gasteiger partial charge >= 0.3 is 0 Å². The maximum Gasteiger partial charge on any atom is 0.251 e. The molecular weight excluding hydrogens is 436 g/mol. The highest BCUT2D eigenvalue weighted by atomic mass is 32.2. The molecule has 1 aromatic heterocycles. The minimum absolute atomic E-state index is 0.178. The maximum absolute atomic E-state index is 12.9. The molecule has 1 fully saturated rings. The van der Waals surface area contributed by atoms with Crippen LogP contribution in [0.5, 0.6) is 0 Å². The van der Waals surface area contributed by atoms with Crippen molar-refractivity contribution in [2.75, 3.05) is 19.6 Å². The zero-order valence-electron chi connectivity index (χ0n) is 19.1. The molecule has 0 bridgehead atoms. The van der Waals surface area contributed by atoms with Gasteiger partial charge in [-0.15, -0.1) is 0 Å². The highest BCUT2D eigenvalue weighted by Crippen LogP contribution is 2.21. The Bertz CT molecular complexity index is 1230. The van der Waals surface area contributed by atoms with Crippen LogP contribution in [0.1, 0.15) is 46.6 Å². The molecule has 1 saturated heterocycles. The van der Waals surface area contributed by atoms with Crippen molar-refractivity contribution in [3.8, 4) is 5.69 Å². The molecule has 0 atom stereocenters. The molecule has 33 heavy (non-hydrogen) atoms. The van der Waals surface area contributed by atoms with Crippen molar-refractivity contribution >= 4 is 15.9 Å². The fourth-order valence-electron chi connectivity index (χ4n) is 4.17. The van der Waals surface area contributed by atoms with E-state index in [4.69, 9.17) is 0 Å². The fourth-order valence-corrected chi connectivity index (χ4v) is 5.73. The minimum Gasteiger partial charge on any atom is -0.352 e. The average molecular weight is 467 g/mol. The van der Waals surface area contributed by atoms with E-state index in [1.165, 1.54) is 10.4 Å². The largest absolute Gasteiger partial charge is 0.352 e. The Labute approximate surface area is 195 Å². The molecule has 8 heteroatoms. The summed E-state index contributed by atoms with van der Waals surface area (Å²) in [5.41, 5.74) is 4.51. The third kappa shape index (κ3) is 5.34. The first-order chi connectivity index (χ1) is 15.8. The Morgan fingerprint density at radius 3 is 2.39 bits per heavy atom. The summed E-state index contributed by atoms with van der Waals surface area (Å²) >= 11 is 0. The van der Waals surface area contributed by atoms with Gasteiger partial charge in [0.1, 0.15) is 0 Å². The van der Waals surface area contributed by atoms with E-state index in [1.807, 2.05) is 48.9 Å². The summed E-state index contributed by atoms with van der Waals surface area (Å²) in [6.45, 7) is 5.53. The number of aromatic nitrogens is 2. The fraction of sp³-hybridized carbons (Fsp3) is 0.360. The molecular formula is C25H30N4O3S. The molecule has 3 aromatic rings. The molecule has 0 unspecified atom stereocenters. The van der Waals surface area contributed by atoms with Crippen LogP contribution in [0.25, 0.3) is 5.69 Å². The summed E-state index contributed by atoms with van der Waals surface area (Å²) < 4.78 is 29.2. The molecule has 1 amide bonds. The molecule has 0 aliphatic carbocycles. The second kappa shape index (κ2) is 9.89. The van der Waals surface area contributed by atoms with Gasteiger partial charge in [0.25, 0.3) is 5.91 Å². The molecule has 174 valence electrons. The van der Waals surface area contributed by atoms with Gasteiger partial charge in [0.05, 0.1) is 16.3 Å². The number of hydrogen-bond donors (Lipinski definition) is 1. The number of piperidine rings is 1. The first-order valence-electron chi connectivity index (χ1n) is 11.4. The van der Waals surface area contributed by atoms with Crippen molar-refractivity contribution in [3.63, 3.8) is 0 Å². The molecule has 7 nitrogen and oxygen atoms in total. The zero-order valence-corrected chi connectivity index (χ0v) is 19.9. The van der Waals surface area contributed by atoms with E-state index in [9.17, 15) is 13.2 Å². The van der Waals surface area contributed by atoms with E-state index >= 15 is 0 Å². The van der Waals surface area contributed by atoms with Crippen LogP contribution in [0.3, 0.4) is 0 Å². The van der Waals surface area contributed by atoms with Gasteiger partial charge in [-0.05, 0) is 75.1 Å². The Kier molecular flexibility index (Phi) is 6.95. The van der Waals surface area contributed by atoms with Crippen molar-refractivity contribution in [1.29, 1.82) is 0 Å². The highest BCUT2D eigenvalue weighted by molar-refractivity contribution is 7.89. The normalized spacial score (nSPS) is 14.8. The summed E-state index contributed by atoms with van der Waals surface area (Å²) in [6, 6.07) is 16.4. The number of aryl methyl sites for hydroxylation is 2. The van der Waals surface area contributed by atoms with Crippen molar-refractivity contribution in [2.24, 2.45) is 0 Å². The van der Waals surface area contributed by atoms with Crippen LogP contribution in [-0.4, -0.2) is 48.0 Å². The SMILES string of the molecule is Cc1cc(C)n(-c2ccc(CCNC(=O)c3cccc(S(=O)(=O)N4CCCCC4)c3)cc2)n1. The lowest BCUT2D eigenvalue weighted by Gasteiger charge is -2.26. The van der Waals surface area contributed by atoms with Crippen LogP contribution in [0.2, 0.25) is 0 Å². The number of carbonyl (C=O) groups excluding carboxylic acids is 1. The van der Waals surface area contributed by atoms with Crippen LogP contribution in [0, 0.1) is 13.8 Å². The number of sulfonamides is 1. The minimum atomic E-state index is -3.56. The summed E-state index contributed by atoms with van der Waals surface area (Å²) in [4.78, 5) is 12.8. The summed E-state index contributed by atoms with van der Waals surface area (Å²) in [5, 5.41) is 7.40. The summed E-state index contributed by atoms with van der Waals surface area (Å²) in [5.74, 6) is -0.273. The molecule has 2 aromatic carbocycles. The van der Waals surface area contributed by atoms with Gasteiger partial charge in [0.15, 0.2) is 0 Å². The third-order valence-corrected chi connectivity index (χ3v) is 7.83. The lowest BCUT2D eigenvalue weighted by atomic mass is 10.1. The van der Waals surface area contributed by atoms with E-state index in [0.717, 1.165) is 41.9 Å². The number of nitrogens with one attached hydrogen (secondary N) is 1. The van der Waals surface area contributed by atoms with E-state index < -0.39 is 10.0 Å². The molecule has 0 saturated carbocycles. The topological polar surface area (TPSA) is 84.3 Å². The van der Waals surface area contributed by atoms with Crippen molar-refractivity contribution in [1.82, 2.24) is 19.4 Å². The molecule has 0 spiro atoms. The van der Waals surface area contributed by atoms with Gasteiger partial charge in [-0.3, -0.25) is 4.79 Å². The van der Waals surface area contributed by atoms with Gasteiger partial charge in [0.2, 0.25) is 10.0 Å². The molecule has 1 aliphatic rings. The van der Waals surface area contributed by atoms with E-state index in [-0.39, 0.29) is 10.8 Å². The Balaban J connectivity index is 1.35. The van der Waals surface area contributed by atoms with Crippen molar-refractivity contribution < 1.29 is 13.2 Å². The number of carbonyl (C=O) groups is 1. The lowest BCUT2D eigenvalue weighted by molar-refractivity contribution is 0.0954. The quantitative estimate of drug-likeness (QED) is 0.576. The van der Waals surface area contributed by atoms with E-state index in [2.05, 4.69) is 10.4 Å². The Morgan fingerprint density at radius 1 is 1.00 bits per heavy atom. The second-order valence-electron chi connectivity index (χ2n) is 8.50. The van der Waals surface area contributed by atoms with Crippen LogP contribution in [0.4, 0.5) is 0 Å². The van der Waals surface area contributed by atoms with Crippen LogP contribution in [-0.2, 0) is 16.4 Å². The van der Waals surface area contributed by atoms with Gasteiger partial charge in [0, 0.05) is 30.9 Å².